The van der Waals surface area contributed by atoms with Crippen molar-refractivity contribution < 1.29 is 14.3 Å². The molecule has 2 aliphatic rings. The van der Waals surface area contributed by atoms with E-state index in [9.17, 15) is 4.79 Å². The third kappa shape index (κ3) is 2.41. The monoisotopic (exact) mass is 256 g/mol. The molecular formula is C16H16O3. The lowest BCUT2D eigenvalue weighted by Gasteiger charge is -2.21. The van der Waals surface area contributed by atoms with Crippen molar-refractivity contribution in [2.24, 2.45) is 0 Å². The zero-order chi connectivity index (χ0) is 13.2. The molecule has 0 fully saturated rings. The van der Waals surface area contributed by atoms with Crippen LogP contribution in [-0.4, -0.2) is 12.6 Å². The molecule has 3 rings (SSSR count). The highest BCUT2D eigenvalue weighted by molar-refractivity contribution is 5.92. The molecule has 0 spiro atoms. The van der Waals surface area contributed by atoms with E-state index in [-0.39, 0.29) is 18.5 Å². The van der Waals surface area contributed by atoms with E-state index in [0.29, 0.717) is 6.42 Å². The molecule has 0 aromatic heterocycles. The van der Waals surface area contributed by atoms with Gasteiger partial charge in [0.05, 0.1) is 0 Å². The maximum Gasteiger partial charge on any atom is 0.231 e. The second-order valence-corrected chi connectivity index (χ2v) is 4.90. The predicted molar refractivity (Wildman–Crippen MR) is 72.4 cm³/mol. The van der Waals surface area contributed by atoms with Crippen molar-refractivity contribution in [3.05, 3.63) is 47.6 Å². The van der Waals surface area contributed by atoms with Gasteiger partial charge >= 0.3 is 0 Å². The summed E-state index contributed by atoms with van der Waals surface area (Å²) in [7, 11) is 0. The second kappa shape index (κ2) is 4.92. The molecule has 1 unspecified atom stereocenters. The van der Waals surface area contributed by atoms with Crippen molar-refractivity contribution in [2.45, 2.75) is 25.7 Å². The highest BCUT2D eigenvalue weighted by Crippen LogP contribution is 2.38. The van der Waals surface area contributed by atoms with Crippen LogP contribution >= 0.6 is 0 Å². The van der Waals surface area contributed by atoms with Crippen molar-refractivity contribution in [3.8, 4) is 11.5 Å². The van der Waals surface area contributed by atoms with Crippen molar-refractivity contribution in [2.75, 3.05) is 6.79 Å². The lowest BCUT2D eigenvalue weighted by molar-refractivity contribution is -0.115. The van der Waals surface area contributed by atoms with Gasteiger partial charge in [0.15, 0.2) is 17.3 Å². The molecular weight excluding hydrogens is 240 g/mol. The lowest BCUT2D eigenvalue weighted by atomic mass is 9.83. The zero-order valence-corrected chi connectivity index (χ0v) is 10.9. The molecule has 1 atom stereocenters. The van der Waals surface area contributed by atoms with Crippen LogP contribution in [0, 0.1) is 0 Å². The summed E-state index contributed by atoms with van der Waals surface area (Å²) in [5.41, 5.74) is 2.24. The van der Waals surface area contributed by atoms with Crippen LogP contribution in [0.3, 0.4) is 0 Å². The average Bonchev–Trinajstić information content (AvgIpc) is 2.85. The van der Waals surface area contributed by atoms with Crippen LogP contribution in [0.15, 0.2) is 42.0 Å². The van der Waals surface area contributed by atoms with E-state index in [4.69, 9.17) is 9.47 Å². The van der Waals surface area contributed by atoms with Gasteiger partial charge in [-0.2, -0.15) is 0 Å². The Bertz CT molecular complexity index is 569. The molecule has 1 heterocycles. The summed E-state index contributed by atoms with van der Waals surface area (Å²) < 4.78 is 10.7. The van der Waals surface area contributed by atoms with Gasteiger partial charge in [-0.15, -0.1) is 0 Å². The summed E-state index contributed by atoms with van der Waals surface area (Å²) in [6, 6.07) is 5.96. The number of hydrogen-bond acceptors (Lipinski definition) is 3. The van der Waals surface area contributed by atoms with Crippen molar-refractivity contribution in [1.82, 2.24) is 0 Å². The maximum atomic E-state index is 11.8. The average molecular weight is 256 g/mol. The van der Waals surface area contributed by atoms with Gasteiger partial charge in [-0.3, -0.25) is 4.79 Å². The van der Waals surface area contributed by atoms with Crippen molar-refractivity contribution in [1.29, 1.82) is 0 Å². The maximum absolute atomic E-state index is 11.8. The molecule has 1 aliphatic carbocycles. The smallest absolute Gasteiger partial charge is 0.231 e. The Balaban J connectivity index is 1.87. The molecule has 1 aliphatic heterocycles. The van der Waals surface area contributed by atoms with Crippen LogP contribution in [0.5, 0.6) is 11.5 Å². The predicted octanol–water partition coefficient (Wildman–Crippen LogP) is 3.36. The molecule has 0 bridgehead atoms. The van der Waals surface area contributed by atoms with Gasteiger partial charge in [-0.1, -0.05) is 18.2 Å². The molecule has 3 heteroatoms. The number of benzene rings is 1. The standard InChI is InChI=1S/C16H16O3/c1-2-3-11-6-13(8-14(17)7-11)12-4-5-15-16(9-12)19-10-18-15/h2-5,7,9,13H,6,8,10H2,1H3. The first kappa shape index (κ1) is 12.0. The minimum atomic E-state index is 0.196. The van der Waals surface area contributed by atoms with E-state index >= 15 is 0 Å². The van der Waals surface area contributed by atoms with Crippen LogP contribution in [0.25, 0.3) is 0 Å². The third-order valence-corrected chi connectivity index (χ3v) is 3.52. The summed E-state index contributed by atoms with van der Waals surface area (Å²) in [6.07, 6.45) is 7.21. The number of ether oxygens (including phenoxy) is 2. The summed E-state index contributed by atoms with van der Waals surface area (Å²) in [5, 5.41) is 0. The Morgan fingerprint density at radius 2 is 2.05 bits per heavy atom. The highest BCUT2D eigenvalue weighted by Gasteiger charge is 2.23. The molecule has 1 aromatic carbocycles. The van der Waals surface area contributed by atoms with E-state index in [1.54, 1.807) is 6.08 Å². The Morgan fingerprint density at radius 1 is 1.21 bits per heavy atom. The van der Waals surface area contributed by atoms with Gasteiger partial charge in [-0.25, -0.2) is 0 Å². The Kier molecular flexibility index (Phi) is 3.11. The number of rotatable bonds is 2. The molecule has 98 valence electrons. The molecule has 0 saturated heterocycles. The lowest BCUT2D eigenvalue weighted by Crippen LogP contribution is -2.12. The largest absolute Gasteiger partial charge is 0.454 e. The van der Waals surface area contributed by atoms with E-state index in [0.717, 1.165) is 29.1 Å². The number of allylic oxidation sites excluding steroid dienone is 4. The summed E-state index contributed by atoms with van der Waals surface area (Å²) in [6.45, 7) is 2.25. The summed E-state index contributed by atoms with van der Waals surface area (Å²) >= 11 is 0. The fourth-order valence-corrected chi connectivity index (χ4v) is 2.66. The van der Waals surface area contributed by atoms with Gasteiger partial charge in [0.2, 0.25) is 6.79 Å². The first-order valence-electron chi connectivity index (χ1n) is 6.52. The SMILES string of the molecule is CC=CC1=CC(=O)CC(c2ccc3c(c2)OCO3)C1. The van der Waals surface area contributed by atoms with Gasteiger partial charge in [0.1, 0.15) is 0 Å². The topological polar surface area (TPSA) is 35.5 Å². The Morgan fingerprint density at radius 3 is 2.89 bits per heavy atom. The fourth-order valence-electron chi connectivity index (χ4n) is 2.66. The van der Waals surface area contributed by atoms with Gasteiger partial charge in [-0.05, 0) is 48.6 Å². The van der Waals surface area contributed by atoms with Crippen LogP contribution in [0.4, 0.5) is 0 Å². The minimum Gasteiger partial charge on any atom is -0.454 e. The van der Waals surface area contributed by atoms with E-state index in [2.05, 4.69) is 0 Å². The fraction of sp³-hybridized carbons (Fsp3) is 0.312. The van der Waals surface area contributed by atoms with Crippen molar-refractivity contribution in [3.63, 3.8) is 0 Å². The normalized spacial score (nSPS) is 21.8. The van der Waals surface area contributed by atoms with Crippen LogP contribution in [-0.2, 0) is 4.79 Å². The number of carbonyl (C=O) groups is 1. The van der Waals surface area contributed by atoms with E-state index < -0.39 is 0 Å². The van der Waals surface area contributed by atoms with Crippen LogP contribution < -0.4 is 9.47 Å². The van der Waals surface area contributed by atoms with E-state index in [1.807, 2.05) is 37.3 Å². The van der Waals surface area contributed by atoms with E-state index in [1.165, 1.54) is 0 Å². The second-order valence-electron chi connectivity index (χ2n) is 4.90. The molecule has 19 heavy (non-hydrogen) atoms. The Hall–Kier alpha value is -2.03. The molecule has 0 amide bonds. The van der Waals surface area contributed by atoms with Crippen LogP contribution in [0.2, 0.25) is 0 Å². The molecule has 1 aromatic rings. The van der Waals surface area contributed by atoms with Gasteiger partial charge in [0.25, 0.3) is 0 Å². The summed E-state index contributed by atoms with van der Waals surface area (Å²) in [5.74, 6) is 2.00. The van der Waals surface area contributed by atoms with Gasteiger partial charge in [0, 0.05) is 6.42 Å². The Labute approximate surface area is 112 Å². The number of fused-ring (bicyclic) bond motifs is 1. The minimum absolute atomic E-state index is 0.196. The zero-order valence-electron chi connectivity index (χ0n) is 10.9. The number of hydrogen-bond donors (Lipinski definition) is 0. The first-order chi connectivity index (χ1) is 9.26. The highest BCUT2D eigenvalue weighted by atomic mass is 16.7. The molecule has 3 nitrogen and oxygen atoms in total. The van der Waals surface area contributed by atoms with Gasteiger partial charge < -0.3 is 9.47 Å². The van der Waals surface area contributed by atoms with Crippen molar-refractivity contribution >= 4 is 5.78 Å². The molecule has 0 N–H and O–H groups in total. The number of ketones is 1. The van der Waals surface area contributed by atoms with Crippen LogP contribution in [0.1, 0.15) is 31.2 Å². The summed E-state index contributed by atoms with van der Waals surface area (Å²) in [4.78, 5) is 11.8. The number of carbonyl (C=O) groups excluding carboxylic acids is 1. The first-order valence-corrected chi connectivity index (χ1v) is 6.52. The molecule has 0 saturated carbocycles. The third-order valence-electron chi connectivity index (χ3n) is 3.52. The quantitative estimate of drug-likeness (QED) is 0.814. The molecule has 0 radical (unpaired) electrons.